The van der Waals surface area contributed by atoms with E-state index in [0.29, 0.717) is 13.1 Å². The van der Waals surface area contributed by atoms with Gasteiger partial charge in [-0.25, -0.2) is 17.9 Å². The molecule has 9 nitrogen and oxygen atoms in total. The Labute approximate surface area is 194 Å². The van der Waals surface area contributed by atoms with Crippen LogP contribution in [-0.4, -0.2) is 76.5 Å². The van der Waals surface area contributed by atoms with Crippen LogP contribution >= 0.6 is 0 Å². The third-order valence-corrected chi connectivity index (χ3v) is 6.96. The molecule has 1 heterocycles. The molecule has 1 N–H and O–H groups in total. The van der Waals surface area contributed by atoms with Crippen molar-refractivity contribution in [2.45, 2.75) is 24.5 Å². The number of rotatable bonds is 8. The van der Waals surface area contributed by atoms with Crippen molar-refractivity contribution in [3.63, 3.8) is 0 Å². The van der Waals surface area contributed by atoms with Gasteiger partial charge in [-0.05, 0) is 37.7 Å². The second kappa shape index (κ2) is 10.8. The van der Waals surface area contributed by atoms with Crippen molar-refractivity contribution in [2.75, 3.05) is 40.3 Å². The molecule has 1 fully saturated rings. The Morgan fingerprint density at radius 1 is 1.06 bits per heavy atom. The zero-order valence-electron chi connectivity index (χ0n) is 19.0. The standard InChI is InChI=1S/C23H29N3O6S/c1-17(22(27)26-13-11-25(12-14-26)16-18-7-5-4-6-8-18)32-23(28)19-9-10-20(31-3)21(15-19)33(29,30)24-2/h4-10,15,17,24H,11-14,16H2,1-3H3. The Balaban J connectivity index is 1.59. The van der Waals surface area contributed by atoms with Crippen LogP contribution in [0.1, 0.15) is 22.8 Å². The van der Waals surface area contributed by atoms with Gasteiger partial charge in [-0.2, -0.15) is 0 Å². The summed E-state index contributed by atoms with van der Waals surface area (Å²) in [6.07, 6.45) is -0.996. The first kappa shape index (κ1) is 24.7. The van der Waals surface area contributed by atoms with Gasteiger partial charge >= 0.3 is 5.97 Å². The fraction of sp³-hybridized carbons (Fsp3) is 0.391. The lowest BCUT2D eigenvalue weighted by atomic mass is 10.2. The number of methoxy groups -OCH3 is 1. The Bertz CT molecular complexity index is 1080. The summed E-state index contributed by atoms with van der Waals surface area (Å²) in [7, 11) is -1.25. The van der Waals surface area contributed by atoms with Gasteiger partial charge in [0.2, 0.25) is 10.0 Å². The summed E-state index contributed by atoms with van der Waals surface area (Å²) in [5.74, 6) is -0.966. The molecule has 1 aliphatic rings. The molecule has 0 saturated carbocycles. The lowest BCUT2D eigenvalue weighted by molar-refractivity contribution is -0.141. The molecule has 178 valence electrons. The van der Waals surface area contributed by atoms with E-state index in [4.69, 9.17) is 9.47 Å². The van der Waals surface area contributed by atoms with Crippen molar-refractivity contribution < 1.29 is 27.5 Å². The minimum atomic E-state index is -3.85. The molecule has 3 rings (SSSR count). The van der Waals surface area contributed by atoms with Gasteiger partial charge in [0, 0.05) is 32.7 Å². The Morgan fingerprint density at radius 2 is 1.73 bits per heavy atom. The molecule has 10 heteroatoms. The molecule has 0 bridgehead atoms. The maximum absolute atomic E-state index is 12.8. The van der Waals surface area contributed by atoms with Gasteiger partial charge in [-0.1, -0.05) is 30.3 Å². The smallest absolute Gasteiger partial charge is 0.338 e. The van der Waals surface area contributed by atoms with Crippen molar-refractivity contribution >= 4 is 21.9 Å². The summed E-state index contributed by atoms with van der Waals surface area (Å²) < 4.78 is 37.1. The maximum atomic E-state index is 12.8. The van der Waals surface area contributed by atoms with Crippen LogP contribution in [-0.2, 0) is 26.1 Å². The topological polar surface area (TPSA) is 105 Å². The number of carbonyl (C=O) groups is 2. The Kier molecular flexibility index (Phi) is 8.06. The predicted molar refractivity (Wildman–Crippen MR) is 122 cm³/mol. The van der Waals surface area contributed by atoms with Gasteiger partial charge in [0.1, 0.15) is 10.6 Å². The quantitative estimate of drug-likeness (QED) is 0.577. The molecule has 0 radical (unpaired) electrons. The van der Waals surface area contributed by atoms with E-state index in [-0.39, 0.29) is 22.1 Å². The minimum Gasteiger partial charge on any atom is -0.495 e. The maximum Gasteiger partial charge on any atom is 0.338 e. The van der Waals surface area contributed by atoms with Crippen LogP contribution in [0, 0.1) is 0 Å². The molecule has 2 aromatic rings. The van der Waals surface area contributed by atoms with Crippen molar-refractivity contribution in [2.24, 2.45) is 0 Å². The summed E-state index contributed by atoms with van der Waals surface area (Å²) in [5, 5.41) is 0. The minimum absolute atomic E-state index is 0.0111. The molecule has 33 heavy (non-hydrogen) atoms. The first-order valence-electron chi connectivity index (χ1n) is 10.6. The highest BCUT2D eigenvalue weighted by Crippen LogP contribution is 2.25. The molecule has 0 spiro atoms. The van der Waals surface area contributed by atoms with Crippen molar-refractivity contribution in [1.82, 2.24) is 14.5 Å². The number of ether oxygens (including phenoxy) is 2. The third kappa shape index (κ3) is 6.10. The lowest BCUT2D eigenvalue weighted by Crippen LogP contribution is -2.51. The summed E-state index contributed by atoms with van der Waals surface area (Å²) >= 11 is 0. The number of sulfonamides is 1. The highest BCUT2D eigenvalue weighted by molar-refractivity contribution is 7.89. The molecular weight excluding hydrogens is 446 g/mol. The zero-order valence-corrected chi connectivity index (χ0v) is 19.8. The van der Waals surface area contributed by atoms with Crippen LogP contribution in [0.15, 0.2) is 53.4 Å². The molecule has 0 aliphatic carbocycles. The third-order valence-electron chi connectivity index (χ3n) is 5.52. The van der Waals surface area contributed by atoms with Crippen LogP contribution in [0.25, 0.3) is 0 Å². The van der Waals surface area contributed by atoms with E-state index in [9.17, 15) is 18.0 Å². The average Bonchev–Trinajstić information content (AvgIpc) is 2.84. The first-order valence-corrected chi connectivity index (χ1v) is 12.1. The van der Waals surface area contributed by atoms with Crippen LogP contribution in [0.5, 0.6) is 5.75 Å². The summed E-state index contributed by atoms with van der Waals surface area (Å²) in [6, 6.07) is 14.1. The van der Waals surface area contributed by atoms with Crippen LogP contribution in [0.4, 0.5) is 0 Å². The number of carbonyl (C=O) groups excluding carboxylic acids is 2. The van der Waals surface area contributed by atoms with Crippen LogP contribution in [0.3, 0.4) is 0 Å². The van der Waals surface area contributed by atoms with E-state index in [1.807, 2.05) is 18.2 Å². The monoisotopic (exact) mass is 475 g/mol. The number of piperazine rings is 1. The predicted octanol–water partition coefficient (Wildman–Crippen LogP) is 1.49. The molecular formula is C23H29N3O6S. The van der Waals surface area contributed by atoms with Gasteiger partial charge in [-0.3, -0.25) is 9.69 Å². The SMILES string of the molecule is CNS(=O)(=O)c1cc(C(=O)OC(C)C(=O)N2CCN(Cc3ccccc3)CC2)ccc1OC. The first-order chi connectivity index (χ1) is 15.7. The molecule has 0 aromatic heterocycles. The molecule has 1 amide bonds. The molecule has 1 aliphatic heterocycles. The van der Waals surface area contributed by atoms with Gasteiger partial charge in [0.05, 0.1) is 12.7 Å². The van der Waals surface area contributed by atoms with E-state index >= 15 is 0 Å². The highest BCUT2D eigenvalue weighted by Gasteiger charge is 2.28. The van der Waals surface area contributed by atoms with E-state index < -0.39 is 22.1 Å². The Morgan fingerprint density at radius 3 is 2.33 bits per heavy atom. The summed E-state index contributed by atoms with van der Waals surface area (Å²) in [4.78, 5) is 29.2. The zero-order chi connectivity index (χ0) is 24.0. The molecule has 1 saturated heterocycles. The number of hydrogen-bond acceptors (Lipinski definition) is 7. The summed E-state index contributed by atoms with van der Waals surface area (Å²) in [5.41, 5.74) is 1.23. The summed E-state index contributed by atoms with van der Waals surface area (Å²) in [6.45, 7) is 4.88. The largest absolute Gasteiger partial charge is 0.495 e. The average molecular weight is 476 g/mol. The second-order valence-electron chi connectivity index (χ2n) is 7.71. The fourth-order valence-corrected chi connectivity index (χ4v) is 4.55. The van der Waals surface area contributed by atoms with Gasteiger partial charge in [0.15, 0.2) is 6.10 Å². The highest BCUT2D eigenvalue weighted by atomic mass is 32.2. The lowest BCUT2D eigenvalue weighted by Gasteiger charge is -2.35. The second-order valence-corrected chi connectivity index (χ2v) is 9.56. The van der Waals surface area contributed by atoms with Crippen molar-refractivity contribution in [1.29, 1.82) is 0 Å². The van der Waals surface area contributed by atoms with Crippen LogP contribution < -0.4 is 9.46 Å². The normalized spacial score (nSPS) is 15.7. The van der Waals surface area contributed by atoms with Gasteiger partial charge in [0.25, 0.3) is 5.91 Å². The van der Waals surface area contributed by atoms with E-state index in [2.05, 4.69) is 21.8 Å². The van der Waals surface area contributed by atoms with E-state index in [1.165, 1.54) is 44.8 Å². The number of amides is 1. The number of esters is 1. The van der Waals surface area contributed by atoms with Crippen molar-refractivity contribution in [3.8, 4) is 5.75 Å². The van der Waals surface area contributed by atoms with Crippen molar-refractivity contribution in [3.05, 3.63) is 59.7 Å². The van der Waals surface area contributed by atoms with Gasteiger partial charge in [-0.15, -0.1) is 0 Å². The fourth-order valence-electron chi connectivity index (χ4n) is 3.63. The number of nitrogens with one attached hydrogen (secondary N) is 1. The number of nitrogens with zero attached hydrogens (tertiary/aromatic N) is 2. The Hall–Kier alpha value is -2.95. The molecule has 1 unspecified atom stereocenters. The van der Waals surface area contributed by atoms with E-state index in [0.717, 1.165) is 19.6 Å². The number of benzene rings is 2. The van der Waals surface area contributed by atoms with Crippen LogP contribution in [0.2, 0.25) is 0 Å². The van der Waals surface area contributed by atoms with Gasteiger partial charge < -0.3 is 14.4 Å². The molecule has 2 aromatic carbocycles. The molecule has 1 atom stereocenters. The number of hydrogen-bond donors (Lipinski definition) is 1. The van der Waals surface area contributed by atoms with E-state index in [1.54, 1.807) is 4.90 Å².